The smallest absolute Gasteiger partial charge is 0.311 e. The topological polar surface area (TPSA) is 111 Å². The minimum Gasteiger partial charge on any atom is -0.481 e. The Morgan fingerprint density at radius 2 is 2.29 bits per heavy atom. The van der Waals surface area contributed by atoms with E-state index >= 15 is 0 Å². The van der Waals surface area contributed by atoms with E-state index in [-0.39, 0.29) is 29.4 Å². The Morgan fingerprint density at radius 3 is 2.86 bits per heavy atom. The van der Waals surface area contributed by atoms with Gasteiger partial charge in [-0.25, -0.2) is 0 Å². The maximum Gasteiger partial charge on any atom is 0.311 e. The van der Waals surface area contributed by atoms with Gasteiger partial charge in [0.2, 0.25) is 0 Å². The third kappa shape index (κ3) is 3.70. The maximum absolute atomic E-state index is 11.1. The maximum atomic E-state index is 11.1. The molecule has 9 heteroatoms. The molecule has 0 radical (unpaired) electrons. The van der Waals surface area contributed by atoms with E-state index < -0.39 is 4.92 Å². The zero-order valence-corrected chi connectivity index (χ0v) is 12.9. The first-order valence-corrected chi connectivity index (χ1v) is 7.30. The van der Waals surface area contributed by atoms with Crippen LogP contribution in [0.4, 0.5) is 5.69 Å². The van der Waals surface area contributed by atoms with E-state index in [9.17, 15) is 10.1 Å². The Hall–Kier alpha value is -2.13. The first-order chi connectivity index (χ1) is 10.0. The zero-order chi connectivity index (χ0) is 15.4. The predicted octanol–water partition coefficient (Wildman–Crippen LogP) is 3.09. The van der Waals surface area contributed by atoms with Crippen LogP contribution in [0.15, 0.2) is 39.3 Å². The second kappa shape index (κ2) is 6.55. The van der Waals surface area contributed by atoms with Crippen LogP contribution in [0.2, 0.25) is 0 Å². The molecular weight excluding hydrogens is 362 g/mol. The summed E-state index contributed by atoms with van der Waals surface area (Å²) in [6.45, 7) is 0.222. The second-order valence-corrected chi connectivity index (χ2v) is 5.86. The van der Waals surface area contributed by atoms with Crippen LogP contribution >= 0.6 is 27.3 Å². The fraction of sp³-hybridized carbons (Fsp3) is 0.0833. The zero-order valence-electron chi connectivity index (χ0n) is 10.5. The third-order valence-corrected chi connectivity index (χ3v) is 4.22. The SMILES string of the molecule is NC(=NO)c1ccc(OCc2cc(Br)cs2)c([N+](=O)[O-])c1. The van der Waals surface area contributed by atoms with Crippen molar-refractivity contribution in [1.29, 1.82) is 0 Å². The molecule has 0 bridgehead atoms. The number of ether oxygens (including phenoxy) is 1. The monoisotopic (exact) mass is 371 g/mol. The van der Waals surface area contributed by atoms with Crippen LogP contribution in [0, 0.1) is 10.1 Å². The highest BCUT2D eigenvalue weighted by Crippen LogP contribution is 2.29. The lowest BCUT2D eigenvalue weighted by atomic mass is 10.1. The van der Waals surface area contributed by atoms with Gasteiger partial charge in [0.05, 0.1) is 4.92 Å². The van der Waals surface area contributed by atoms with Crippen LogP contribution in [-0.2, 0) is 6.61 Å². The number of nitrogens with zero attached hydrogens (tertiary/aromatic N) is 2. The van der Waals surface area contributed by atoms with Crippen LogP contribution in [0.25, 0.3) is 0 Å². The number of hydrogen-bond acceptors (Lipinski definition) is 6. The number of hydrogen-bond donors (Lipinski definition) is 2. The Labute approximate surface area is 131 Å². The van der Waals surface area contributed by atoms with E-state index in [1.807, 2.05) is 11.4 Å². The molecule has 0 unspecified atom stereocenters. The van der Waals surface area contributed by atoms with E-state index in [2.05, 4.69) is 21.1 Å². The Balaban J connectivity index is 2.24. The number of nitro groups is 1. The van der Waals surface area contributed by atoms with Crippen LogP contribution in [-0.4, -0.2) is 16.0 Å². The number of nitrogens with two attached hydrogens (primary N) is 1. The number of oxime groups is 1. The van der Waals surface area contributed by atoms with Crippen molar-refractivity contribution in [3.63, 3.8) is 0 Å². The molecule has 0 atom stereocenters. The van der Waals surface area contributed by atoms with E-state index in [0.717, 1.165) is 9.35 Å². The molecule has 0 spiro atoms. The van der Waals surface area contributed by atoms with Crippen LogP contribution in [0.1, 0.15) is 10.4 Å². The lowest BCUT2D eigenvalue weighted by Crippen LogP contribution is -2.13. The van der Waals surface area contributed by atoms with Crippen molar-refractivity contribution in [3.8, 4) is 5.75 Å². The van der Waals surface area contributed by atoms with Crippen molar-refractivity contribution < 1.29 is 14.9 Å². The minimum absolute atomic E-state index is 0.124. The van der Waals surface area contributed by atoms with Gasteiger partial charge in [-0.05, 0) is 34.1 Å². The lowest BCUT2D eigenvalue weighted by Gasteiger charge is -2.07. The van der Waals surface area contributed by atoms with Gasteiger partial charge in [0.25, 0.3) is 0 Å². The fourth-order valence-corrected chi connectivity index (χ4v) is 2.94. The van der Waals surface area contributed by atoms with Gasteiger partial charge in [0.1, 0.15) is 6.61 Å². The molecule has 2 rings (SSSR count). The number of rotatable bonds is 5. The van der Waals surface area contributed by atoms with Crippen LogP contribution in [0.3, 0.4) is 0 Å². The van der Waals surface area contributed by atoms with E-state index in [1.165, 1.54) is 29.5 Å². The van der Waals surface area contributed by atoms with Crippen molar-refractivity contribution in [1.82, 2.24) is 0 Å². The largest absolute Gasteiger partial charge is 0.481 e. The van der Waals surface area contributed by atoms with Gasteiger partial charge in [-0.3, -0.25) is 10.1 Å². The summed E-state index contributed by atoms with van der Waals surface area (Å²) < 4.78 is 6.40. The molecular formula is C12H10BrN3O4S. The number of amidine groups is 1. The van der Waals surface area contributed by atoms with Crippen molar-refractivity contribution >= 4 is 38.8 Å². The Bertz CT molecular complexity index is 702. The molecule has 110 valence electrons. The molecule has 0 fully saturated rings. The van der Waals surface area contributed by atoms with Gasteiger partial charge in [-0.15, -0.1) is 11.3 Å². The molecule has 1 aromatic carbocycles. The van der Waals surface area contributed by atoms with Crippen molar-refractivity contribution in [2.75, 3.05) is 0 Å². The summed E-state index contributed by atoms with van der Waals surface area (Å²) in [5.41, 5.74) is 5.42. The molecule has 2 aromatic rings. The summed E-state index contributed by atoms with van der Waals surface area (Å²) in [5, 5.41) is 24.4. The van der Waals surface area contributed by atoms with E-state index in [1.54, 1.807) is 0 Å². The molecule has 0 saturated heterocycles. The third-order valence-electron chi connectivity index (χ3n) is 2.55. The molecule has 0 aliphatic carbocycles. The average Bonchev–Trinajstić information content (AvgIpc) is 2.89. The first-order valence-electron chi connectivity index (χ1n) is 5.63. The number of benzene rings is 1. The van der Waals surface area contributed by atoms with Gasteiger partial charge in [0.15, 0.2) is 11.6 Å². The number of nitro benzene ring substituents is 1. The van der Waals surface area contributed by atoms with Crippen molar-refractivity contribution in [2.45, 2.75) is 6.61 Å². The van der Waals surface area contributed by atoms with Crippen molar-refractivity contribution in [2.24, 2.45) is 10.9 Å². The van der Waals surface area contributed by atoms with E-state index in [0.29, 0.717) is 0 Å². The fourth-order valence-electron chi connectivity index (χ4n) is 1.58. The summed E-state index contributed by atoms with van der Waals surface area (Å²) in [4.78, 5) is 11.4. The molecule has 3 N–H and O–H groups in total. The quantitative estimate of drug-likeness (QED) is 0.275. The number of thiophene rings is 1. The predicted molar refractivity (Wildman–Crippen MR) is 82.0 cm³/mol. The normalized spacial score (nSPS) is 11.4. The van der Waals surface area contributed by atoms with Gasteiger partial charge < -0.3 is 15.7 Å². The minimum atomic E-state index is -0.576. The standard InChI is InChI=1S/C12H10BrN3O4S/c13-8-4-9(21-6-8)5-20-11-2-1-7(12(14)15-17)3-10(11)16(18)19/h1-4,6,17H,5H2,(H2,14,15). The van der Waals surface area contributed by atoms with Gasteiger partial charge in [-0.1, -0.05) is 5.16 Å². The molecule has 1 aromatic heterocycles. The Kier molecular flexibility index (Phi) is 4.76. The summed E-state index contributed by atoms with van der Waals surface area (Å²) in [6, 6.07) is 5.99. The molecule has 0 saturated carbocycles. The van der Waals surface area contributed by atoms with E-state index in [4.69, 9.17) is 15.7 Å². The highest BCUT2D eigenvalue weighted by atomic mass is 79.9. The summed E-state index contributed by atoms with van der Waals surface area (Å²) in [5.74, 6) is -0.0779. The summed E-state index contributed by atoms with van der Waals surface area (Å²) in [7, 11) is 0. The second-order valence-electron chi connectivity index (χ2n) is 3.94. The molecule has 0 aliphatic heterocycles. The van der Waals surface area contributed by atoms with Gasteiger partial charge in [-0.2, -0.15) is 0 Å². The average molecular weight is 372 g/mol. The Morgan fingerprint density at radius 1 is 1.52 bits per heavy atom. The number of halogens is 1. The molecule has 7 nitrogen and oxygen atoms in total. The molecule has 1 heterocycles. The molecule has 0 amide bonds. The van der Waals surface area contributed by atoms with Crippen LogP contribution < -0.4 is 10.5 Å². The van der Waals surface area contributed by atoms with Crippen molar-refractivity contribution in [3.05, 3.63) is 54.7 Å². The molecule has 21 heavy (non-hydrogen) atoms. The van der Waals surface area contributed by atoms with Gasteiger partial charge in [0, 0.05) is 26.4 Å². The van der Waals surface area contributed by atoms with Crippen LogP contribution in [0.5, 0.6) is 5.75 Å². The molecule has 0 aliphatic rings. The highest BCUT2D eigenvalue weighted by Gasteiger charge is 2.17. The summed E-state index contributed by atoms with van der Waals surface area (Å²) in [6.07, 6.45) is 0. The van der Waals surface area contributed by atoms with Gasteiger partial charge >= 0.3 is 5.69 Å². The summed E-state index contributed by atoms with van der Waals surface area (Å²) >= 11 is 4.81. The lowest BCUT2D eigenvalue weighted by molar-refractivity contribution is -0.385. The highest BCUT2D eigenvalue weighted by molar-refractivity contribution is 9.10. The first kappa shape index (κ1) is 15.3.